The van der Waals surface area contributed by atoms with Crippen LogP contribution in [0, 0.1) is 0 Å². The van der Waals surface area contributed by atoms with E-state index in [-0.39, 0.29) is 25.3 Å². The van der Waals surface area contributed by atoms with Crippen LogP contribution < -0.4 is 44.6 Å². The number of aliphatic imine (C=N–C) groups is 1. The van der Waals surface area contributed by atoms with Crippen LogP contribution in [0.15, 0.2) is 4.99 Å². The molecule has 0 fully saturated rings. The summed E-state index contributed by atoms with van der Waals surface area (Å²) in [4.78, 5) is 64.5. The molecule has 15 N–H and O–H groups in total. The smallest absolute Gasteiger partial charge is 0.326 e. The van der Waals surface area contributed by atoms with Crippen LogP contribution in [0.5, 0.6) is 0 Å². The number of guanidine groups is 1. The van der Waals surface area contributed by atoms with E-state index in [2.05, 4.69) is 20.9 Å². The van der Waals surface area contributed by atoms with Crippen LogP contribution in [0.2, 0.25) is 0 Å². The van der Waals surface area contributed by atoms with Gasteiger partial charge in [0.2, 0.25) is 23.6 Å². The zero-order chi connectivity index (χ0) is 27.8. The highest BCUT2D eigenvalue weighted by atomic mass is 16.4. The van der Waals surface area contributed by atoms with Crippen LogP contribution >= 0.6 is 0 Å². The van der Waals surface area contributed by atoms with Crippen molar-refractivity contribution >= 4 is 35.6 Å². The average Bonchev–Trinajstić information content (AvgIpc) is 2.77. The molecule has 0 heterocycles. The highest BCUT2D eigenvalue weighted by molar-refractivity contribution is 5.96. The van der Waals surface area contributed by atoms with E-state index >= 15 is 0 Å². The highest BCUT2D eigenvalue weighted by Gasteiger charge is 2.33. The summed E-state index contributed by atoms with van der Waals surface area (Å²) in [5.74, 6) is -5.13. The molecule has 0 aliphatic rings. The first-order chi connectivity index (χ1) is 16.8. The number of carbonyl (C=O) groups excluding carboxylic acids is 4. The second-order valence-electron chi connectivity index (χ2n) is 8.20. The van der Waals surface area contributed by atoms with E-state index in [1.165, 1.54) is 6.92 Å². The van der Waals surface area contributed by atoms with E-state index in [1.54, 1.807) is 0 Å². The monoisotopic (exact) mass is 517 g/mol. The first kappa shape index (κ1) is 32.5. The zero-order valence-corrected chi connectivity index (χ0v) is 20.3. The minimum absolute atomic E-state index is 0.0724. The molecule has 0 radical (unpaired) electrons. The Morgan fingerprint density at radius 2 is 1.47 bits per heavy atom. The second-order valence-corrected chi connectivity index (χ2v) is 8.20. The van der Waals surface area contributed by atoms with Gasteiger partial charge in [0.15, 0.2) is 5.96 Å². The number of aliphatic hydroxyl groups is 1. The van der Waals surface area contributed by atoms with Crippen molar-refractivity contribution in [2.24, 2.45) is 33.7 Å². The number of nitrogens with one attached hydrogen (secondary N) is 3. The molecule has 206 valence electrons. The molecule has 0 saturated carbocycles. The van der Waals surface area contributed by atoms with Crippen molar-refractivity contribution < 1.29 is 34.2 Å². The molecule has 0 spiro atoms. The lowest BCUT2D eigenvalue weighted by molar-refractivity contribution is -0.142. The second kappa shape index (κ2) is 17.0. The molecule has 0 aromatic rings. The number of hydrogen-bond donors (Lipinski definition) is 10. The number of carbonyl (C=O) groups is 5. The molecule has 0 bridgehead atoms. The molecule has 16 heteroatoms. The first-order valence-electron chi connectivity index (χ1n) is 11.4. The number of amides is 4. The van der Waals surface area contributed by atoms with Crippen LogP contribution in [0.25, 0.3) is 0 Å². The van der Waals surface area contributed by atoms with Crippen LogP contribution in [0.4, 0.5) is 0 Å². The van der Waals surface area contributed by atoms with Gasteiger partial charge < -0.3 is 54.8 Å². The van der Waals surface area contributed by atoms with Crippen molar-refractivity contribution in [2.75, 3.05) is 13.1 Å². The van der Waals surface area contributed by atoms with Crippen molar-refractivity contribution in [3.8, 4) is 0 Å². The number of carboxylic acids is 1. The normalized spacial score (nSPS) is 14.9. The van der Waals surface area contributed by atoms with Crippen LogP contribution in [0.1, 0.15) is 45.4 Å². The molecule has 0 aliphatic carbocycles. The first-order valence-corrected chi connectivity index (χ1v) is 11.4. The van der Waals surface area contributed by atoms with E-state index in [1.807, 2.05) is 0 Å². The fraction of sp³-hybridized carbons (Fsp3) is 0.700. The average molecular weight is 518 g/mol. The van der Waals surface area contributed by atoms with Gasteiger partial charge in [-0.15, -0.1) is 0 Å². The Morgan fingerprint density at radius 3 is 1.97 bits per heavy atom. The van der Waals surface area contributed by atoms with Gasteiger partial charge in [-0.2, -0.15) is 0 Å². The number of aliphatic carboxylic acids is 1. The van der Waals surface area contributed by atoms with Gasteiger partial charge in [-0.3, -0.25) is 24.2 Å². The zero-order valence-electron chi connectivity index (χ0n) is 20.3. The Morgan fingerprint density at radius 1 is 0.861 bits per heavy atom. The van der Waals surface area contributed by atoms with E-state index < -0.39 is 66.3 Å². The molecule has 0 rings (SSSR count). The van der Waals surface area contributed by atoms with Gasteiger partial charge >= 0.3 is 5.97 Å². The Hall–Kier alpha value is -3.50. The predicted octanol–water partition coefficient (Wildman–Crippen LogP) is -4.71. The van der Waals surface area contributed by atoms with Gasteiger partial charge in [0, 0.05) is 6.54 Å². The number of nitrogens with two attached hydrogens (primary N) is 5. The fourth-order valence-electron chi connectivity index (χ4n) is 3.01. The third kappa shape index (κ3) is 13.4. The molecule has 16 nitrogen and oxygen atoms in total. The summed E-state index contributed by atoms with van der Waals surface area (Å²) in [6, 6.07) is -5.44. The number of nitrogens with zero attached hydrogens (tertiary/aromatic N) is 1. The van der Waals surface area contributed by atoms with Crippen molar-refractivity contribution in [1.82, 2.24) is 16.0 Å². The number of unbranched alkanes of at least 4 members (excludes halogenated alkanes) is 1. The maximum atomic E-state index is 12.8. The van der Waals surface area contributed by atoms with E-state index in [0.717, 1.165) is 0 Å². The van der Waals surface area contributed by atoms with Crippen molar-refractivity contribution in [1.29, 1.82) is 0 Å². The molecular weight excluding hydrogens is 478 g/mol. The minimum atomic E-state index is -1.56. The topological polar surface area (TPSA) is 304 Å². The molecule has 0 saturated heterocycles. The maximum absolute atomic E-state index is 12.8. The van der Waals surface area contributed by atoms with Crippen molar-refractivity contribution in [3.63, 3.8) is 0 Å². The van der Waals surface area contributed by atoms with Crippen molar-refractivity contribution in [3.05, 3.63) is 0 Å². The molecule has 0 aromatic heterocycles. The molecule has 36 heavy (non-hydrogen) atoms. The maximum Gasteiger partial charge on any atom is 0.326 e. The molecule has 0 aliphatic heterocycles. The van der Waals surface area contributed by atoms with Gasteiger partial charge in [0.05, 0.1) is 18.6 Å². The van der Waals surface area contributed by atoms with E-state index in [0.29, 0.717) is 25.8 Å². The molecule has 0 aromatic carbocycles. The van der Waals surface area contributed by atoms with E-state index in [4.69, 9.17) is 28.7 Å². The van der Waals surface area contributed by atoms with Gasteiger partial charge in [0.25, 0.3) is 0 Å². The van der Waals surface area contributed by atoms with Gasteiger partial charge in [-0.25, -0.2) is 4.79 Å². The molecule has 4 amide bonds. The van der Waals surface area contributed by atoms with Crippen LogP contribution in [-0.2, 0) is 24.0 Å². The molecular formula is C20H39N9O7. The highest BCUT2D eigenvalue weighted by Crippen LogP contribution is 2.04. The van der Waals surface area contributed by atoms with Crippen LogP contribution in [-0.4, -0.2) is 89.1 Å². The standard InChI is InChI=1S/C20H39N9O7/c1-10(30)15(29-16(32)11(22)5-4-8-26-20(24)25)18(34)28-13(9-14(23)31)17(33)27-12(19(35)36)6-2-3-7-21/h10-13,15,30H,2-9,21-22H2,1H3,(H2,23,31)(H,27,33)(H,28,34)(H,29,32)(H,35,36)(H4,24,25,26). The summed E-state index contributed by atoms with van der Waals surface area (Å²) in [5, 5.41) is 26.1. The number of rotatable bonds is 18. The number of hydrogen-bond acceptors (Lipinski definition) is 9. The predicted molar refractivity (Wildman–Crippen MR) is 130 cm³/mol. The summed E-state index contributed by atoms with van der Waals surface area (Å²) in [6.07, 6.45) is -0.501. The van der Waals surface area contributed by atoms with Gasteiger partial charge in [-0.1, -0.05) is 0 Å². The molecule has 5 unspecified atom stereocenters. The number of carboxylic acid groups (broad SMARTS) is 1. The summed E-state index contributed by atoms with van der Waals surface area (Å²) < 4.78 is 0. The summed E-state index contributed by atoms with van der Waals surface area (Å²) in [5.41, 5.74) is 26.8. The van der Waals surface area contributed by atoms with Crippen LogP contribution in [0.3, 0.4) is 0 Å². The lowest BCUT2D eigenvalue weighted by atomic mass is 10.1. The van der Waals surface area contributed by atoms with E-state index in [9.17, 15) is 34.2 Å². The number of aliphatic hydroxyl groups excluding tert-OH is 1. The fourth-order valence-corrected chi connectivity index (χ4v) is 3.01. The number of primary amides is 1. The summed E-state index contributed by atoms with van der Waals surface area (Å²) in [6.45, 7) is 1.79. The molecule has 5 atom stereocenters. The largest absolute Gasteiger partial charge is 0.480 e. The van der Waals surface area contributed by atoms with Gasteiger partial charge in [-0.05, 0) is 45.6 Å². The SMILES string of the molecule is CC(O)C(NC(=O)C(N)CCCN=C(N)N)C(=O)NC(CC(N)=O)C(=O)NC(CCCCN)C(=O)O. The quantitative estimate of drug-likeness (QED) is 0.0467. The third-order valence-corrected chi connectivity index (χ3v) is 4.97. The minimum Gasteiger partial charge on any atom is -0.480 e. The lowest BCUT2D eigenvalue weighted by Gasteiger charge is -2.26. The summed E-state index contributed by atoms with van der Waals surface area (Å²) >= 11 is 0. The van der Waals surface area contributed by atoms with Crippen molar-refractivity contribution in [2.45, 2.75) is 75.7 Å². The summed E-state index contributed by atoms with van der Waals surface area (Å²) in [7, 11) is 0. The Balaban J connectivity index is 5.30. The Kier molecular flexibility index (Phi) is 15.4. The van der Waals surface area contributed by atoms with Gasteiger partial charge in [0.1, 0.15) is 18.1 Å². The Bertz CT molecular complexity index is 787. The third-order valence-electron chi connectivity index (χ3n) is 4.97. The Labute approximate surface area is 208 Å². The lowest BCUT2D eigenvalue weighted by Crippen LogP contribution is -2.60.